The van der Waals surface area contributed by atoms with Crippen LogP contribution in [0.4, 0.5) is 4.39 Å². The topological polar surface area (TPSA) is 75.6 Å². The van der Waals surface area contributed by atoms with Gasteiger partial charge >= 0.3 is 0 Å². The molecule has 2 heterocycles. The van der Waals surface area contributed by atoms with E-state index in [0.717, 1.165) is 5.82 Å². The van der Waals surface area contributed by atoms with Crippen LogP contribution in [0.5, 0.6) is 0 Å². The lowest BCUT2D eigenvalue weighted by atomic mass is 10.2. The first-order chi connectivity index (χ1) is 10.1. The maximum absolute atomic E-state index is 13.6. The Morgan fingerprint density at radius 3 is 2.90 bits per heavy atom. The van der Waals surface area contributed by atoms with E-state index in [-0.39, 0.29) is 18.3 Å². The van der Waals surface area contributed by atoms with Crippen molar-refractivity contribution in [2.75, 3.05) is 0 Å². The Balaban J connectivity index is 1.78. The predicted octanol–water partition coefficient (Wildman–Crippen LogP) is 1.67. The number of halogens is 1. The van der Waals surface area contributed by atoms with Crippen LogP contribution in [-0.2, 0) is 13.6 Å². The molecule has 0 unspecified atom stereocenters. The third-order valence-corrected chi connectivity index (χ3v) is 3.45. The molecule has 0 fully saturated rings. The molecule has 1 amide bonds. The van der Waals surface area contributed by atoms with E-state index >= 15 is 0 Å². The lowest BCUT2D eigenvalue weighted by Crippen LogP contribution is -2.24. The number of nitrogens with one attached hydrogen (secondary N) is 2. The molecule has 0 bridgehead atoms. The lowest BCUT2D eigenvalue weighted by molar-refractivity contribution is 0.0945. The summed E-state index contributed by atoms with van der Waals surface area (Å²) in [6.07, 6.45) is 0. The minimum Gasteiger partial charge on any atom is -0.350 e. The number of H-pyrrole nitrogens is 1. The Labute approximate surface area is 120 Å². The summed E-state index contributed by atoms with van der Waals surface area (Å²) in [4.78, 5) is 15.0. The number of aryl methyl sites for hydroxylation is 1. The molecule has 21 heavy (non-hydrogen) atoms. The van der Waals surface area contributed by atoms with Gasteiger partial charge < -0.3 is 14.9 Å². The van der Waals surface area contributed by atoms with E-state index in [1.54, 1.807) is 16.7 Å². The fourth-order valence-electron chi connectivity index (χ4n) is 2.10. The van der Waals surface area contributed by atoms with E-state index in [9.17, 15) is 9.18 Å². The average Bonchev–Trinajstić information content (AvgIpc) is 3.03. The van der Waals surface area contributed by atoms with Crippen LogP contribution < -0.4 is 5.32 Å². The number of aromatic nitrogens is 4. The first-order valence-corrected chi connectivity index (χ1v) is 6.46. The third-order valence-electron chi connectivity index (χ3n) is 3.45. The lowest BCUT2D eigenvalue weighted by Gasteiger charge is -2.03. The van der Waals surface area contributed by atoms with Gasteiger partial charge in [-0.2, -0.15) is 0 Å². The highest BCUT2D eigenvalue weighted by molar-refractivity contribution is 5.98. The van der Waals surface area contributed by atoms with Gasteiger partial charge in [-0.05, 0) is 25.1 Å². The number of nitrogens with zero attached hydrogens (tertiary/aromatic N) is 3. The second kappa shape index (κ2) is 5.01. The van der Waals surface area contributed by atoms with Crippen molar-refractivity contribution in [3.8, 4) is 0 Å². The van der Waals surface area contributed by atoms with Gasteiger partial charge in [0.15, 0.2) is 5.82 Å². The second-order valence-corrected chi connectivity index (χ2v) is 4.79. The van der Waals surface area contributed by atoms with Gasteiger partial charge in [0.2, 0.25) is 0 Å². The molecule has 0 saturated carbocycles. The van der Waals surface area contributed by atoms with Gasteiger partial charge in [-0.1, -0.05) is 6.07 Å². The smallest absolute Gasteiger partial charge is 0.268 e. The molecular weight excluding hydrogens is 273 g/mol. The van der Waals surface area contributed by atoms with Crippen molar-refractivity contribution >= 4 is 16.8 Å². The van der Waals surface area contributed by atoms with Crippen molar-refractivity contribution in [2.24, 2.45) is 7.05 Å². The summed E-state index contributed by atoms with van der Waals surface area (Å²) >= 11 is 0. The van der Waals surface area contributed by atoms with E-state index in [0.29, 0.717) is 22.4 Å². The number of fused-ring (bicyclic) bond motifs is 1. The first kappa shape index (κ1) is 13.3. The van der Waals surface area contributed by atoms with Crippen LogP contribution in [0.15, 0.2) is 24.3 Å². The van der Waals surface area contributed by atoms with E-state index in [2.05, 4.69) is 20.5 Å². The average molecular weight is 287 g/mol. The minimum atomic E-state index is -0.355. The highest BCUT2D eigenvalue weighted by Crippen LogP contribution is 2.18. The van der Waals surface area contributed by atoms with Gasteiger partial charge in [0.1, 0.15) is 17.3 Å². The van der Waals surface area contributed by atoms with Crippen molar-refractivity contribution < 1.29 is 9.18 Å². The maximum atomic E-state index is 13.6. The van der Waals surface area contributed by atoms with Crippen molar-refractivity contribution in [1.29, 1.82) is 0 Å². The van der Waals surface area contributed by atoms with Crippen LogP contribution in [0.3, 0.4) is 0 Å². The van der Waals surface area contributed by atoms with Crippen LogP contribution in [0.2, 0.25) is 0 Å². The highest BCUT2D eigenvalue weighted by atomic mass is 19.1. The second-order valence-electron chi connectivity index (χ2n) is 4.79. The van der Waals surface area contributed by atoms with Crippen LogP contribution in [0.1, 0.15) is 22.1 Å². The summed E-state index contributed by atoms with van der Waals surface area (Å²) < 4.78 is 15.4. The number of hydrogen-bond donors (Lipinski definition) is 2. The van der Waals surface area contributed by atoms with Crippen molar-refractivity contribution in [1.82, 2.24) is 25.1 Å². The molecule has 108 valence electrons. The molecule has 1 aromatic carbocycles. The fraction of sp³-hybridized carbons (Fsp3) is 0.214. The summed E-state index contributed by atoms with van der Waals surface area (Å²) in [6, 6.07) is 6.18. The molecule has 0 atom stereocenters. The van der Waals surface area contributed by atoms with E-state index < -0.39 is 0 Å². The Morgan fingerprint density at radius 2 is 2.24 bits per heavy atom. The predicted molar refractivity (Wildman–Crippen MR) is 75.2 cm³/mol. The number of carbonyl (C=O) groups is 1. The van der Waals surface area contributed by atoms with Gasteiger partial charge in [0.05, 0.1) is 6.54 Å². The van der Waals surface area contributed by atoms with Gasteiger partial charge in [-0.15, -0.1) is 10.2 Å². The fourth-order valence-corrected chi connectivity index (χ4v) is 2.10. The molecule has 0 aliphatic heterocycles. The van der Waals surface area contributed by atoms with Gasteiger partial charge in [-0.3, -0.25) is 4.79 Å². The zero-order valence-electron chi connectivity index (χ0n) is 11.6. The summed E-state index contributed by atoms with van der Waals surface area (Å²) in [6.45, 7) is 2.09. The third kappa shape index (κ3) is 2.37. The molecule has 0 aliphatic rings. The van der Waals surface area contributed by atoms with Crippen molar-refractivity contribution in [3.05, 3.63) is 47.4 Å². The summed E-state index contributed by atoms with van der Waals surface area (Å²) in [5, 5.41) is 11.0. The minimum absolute atomic E-state index is 0.258. The van der Waals surface area contributed by atoms with Crippen molar-refractivity contribution in [3.63, 3.8) is 0 Å². The van der Waals surface area contributed by atoms with E-state index in [4.69, 9.17) is 0 Å². The molecule has 3 aromatic rings. The Morgan fingerprint density at radius 1 is 1.43 bits per heavy atom. The number of rotatable bonds is 3. The van der Waals surface area contributed by atoms with E-state index in [1.807, 2.05) is 14.0 Å². The zero-order chi connectivity index (χ0) is 15.0. The summed E-state index contributed by atoms with van der Waals surface area (Å²) in [7, 11) is 1.83. The monoisotopic (exact) mass is 287 g/mol. The molecule has 0 radical (unpaired) electrons. The van der Waals surface area contributed by atoms with Crippen molar-refractivity contribution in [2.45, 2.75) is 13.5 Å². The molecule has 6 nitrogen and oxygen atoms in total. The molecule has 3 rings (SSSR count). The summed E-state index contributed by atoms with van der Waals surface area (Å²) in [5.74, 6) is 0.757. The normalized spacial score (nSPS) is 11.0. The zero-order valence-corrected chi connectivity index (χ0v) is 11.6. The Hall–Kier alpha value is -2.70. The number of carbonyl (C=O) groups excluding carboxylic acids is 1. The maximum Gasteiger partial charge on any atom is 0.268 e. The van der Waals surface area contributed by atoms with Gasteiger partial charge in [0.25, 0.3) is 5.91 Å². The van der Waals surface area contributed by atoms with Crippen LogP contribution in [0, 0.1) is 12.7 Å². The summed E-state index contributed by atoms with van der Waals surface area (Å²) in [5.41, 5.74) is 0.906. The largest absolute Gasteiger partial charge is 0.350 e. The molecule has 2 aromatic heterocycles. The number of hydrogen-bond acceptors (Lipinski definition) is 3. The molecule has 7 heteroatoms. The SMILES string of the molecule is Cc1nnc(CNC(=O)c2cc3c(F)cccc3[nH]2)n1C. The first-order valence-electron chi connectivity index (χ1n) is 6.46. The Kier molecular flexibility index (Phi) is 3.17. The van der Waals surface area contributed by atoms with Crippen LogP contribution in [0.25, 0.3) is 10.9 Å². The highest BCUT2D eigenvalue weighted by Gasteiger charge is 2.13. The molecule has 0 spiro atoms. The van der Waals surface area contributed by atoms with Gasteiger partial charge in [-0.25, -0.2) is 4.39 Å². The molecule has 2 N–H and O–H groups in total. The van der Waals surface area contributed by atoms with Crippen LogP contribution in [-0.4, -0.2) is 25.7 Å². The molecule has 0 saturated heterocycles. The number of benzene rings is 1. The number of amides is 1. The molecular formula is C14H14FN5O. The molecule has 0 aliphatic carbocycles. The van der Waals surface area contributed by atoms with Crippen LogP contribution >= 0.6 is 0 Å². The quantitative estimate of drug-likeness (QED) is 0.769. The van der Waals surface area contributed by atoms with Gasteiger partial charge in [0, 0.05) is 18.0 Å². The Bertz CT molecular complexity index is 820. The van der Waals surface area contributed by atoms with E-state index in [1.165, 1.54) is 12.1 Å². The standard InChI is InChI=1S/C14H14FN5O/c1-8-18-19-13(20(8)2)7-16-14(21)12-6-9-10(15)4-3-5-11(9)17-12/h3-6,17H,7H2,1-2H3,(H,16,21). The number of aromatic amines is 1.